The number of hydrogen-bond acceptors (Lipinski definition) is 3. The molecule has 1 heterocycles. The molecule has 0 unspecified atom stereocenters. The van der Waals surface area contributed by atoms with Crippen LogP contribution in [0.15, 0.2) is 30.3 Å². The molecule has 0 amide bonds. The van der Waals surface area contributed by atoms with Crippen molar-refractivity contribution in [3.05, 3.63) is 41.6 Å². The van der Waals surface area contributed by atoms with E-state index < -0.39 is 11.7 Å². The van der Waals surface area contributed by atoms with Gasteiger partial charge in [-0.1, -0.05) is 0 Å². The van der Waals surface area contributed by atoms with Gasteiger partial charge in [-0.3, -0.25) is 4.68 Å². The number of nitrogens with two attached hydrogens (primary N) is 1. The molecular formula is C12H12F3N3O. The van der Waals surface area contributed by atoms with Crippen LogP contribution in [0, 0.1) is 0 Å². The van der Waals surface area contributed by atoms with E-state index in [1.165, 1.54) is 16.8 Å². The predicted octanol–water partition coefficient (Wildman–Crippen LogP) is 2.60. The molecule has 1 aromatic heterocycles. The predicted molar refractivity (Wildman–Crippen MR) is 63.4 cm³/mol. The van der Waals surface area contributed by atoms with E-state index in [1.807, 2.05) is 0 Å². The first-order valence-corrected chi connectivity index (χ1v) is 5.45. The van der Waals surface area contributed by atoms with Crippen LogP contribution in [0.25, 0.3) is 0 Å². The minimum Gasteiger partial charge on any atom is -0.487 e. The maximum absolute atomic E-state index is 12.4. The molecule has 1 aromatic carbocycles. The lowest BCUT2D eigenvalue weighted by Gasteiger charge is -2.08. The third-order valence-electron chi connectivity index (χ3n) is 2.53. The lowest BCUT2D eigenvalue weighted by Crippen LogP contribution is -2.04. The van der Waals surface area contributed by atoms with Gasteiger partial charge in [-0.2, -0.15) is 18.3 Å². The highest BCUT2D eigenvalue weighted by Crippen LogP contribution is 2.30. The highest BCUT2D eigenvalue weighted by Gasteiger charge is 2.29. The van der Waals surface area contributed by atoms with Gasteiger partial charge >= 0.3 is 6.18 Å². The van der Waals surface area contributed by atoms with Crippen LogP contribution in [0.2, 0.25) is 0 Å². The molecule has 0 saturated carbocycles. The quantitative estimate of drug-likeness (QED) is 0.933. The number of halogens is 3. The summed E-state index contributed by atoms with van der Waals surface area (Å²) >= 11 is 0. The number of ether oxygens (including phenoxy) is 1. The Bertz CT molecular complexity index is 541. The number of alkyl halides is 3. The van der Waals surface area contributed by atoms with Gasteiger partial charge in [0.1, 0.15) is 23.9 Å². The Hall–Kier alpha value is -2.18. The van der Waals surface area contributed by atoms with Crippen LogP contribution in [-0.2, 0) is 19.8 Å². The lowest BCUT2D eigenvalue weighted by molar-refractivity contribution is -0.137. The zero-order chi connectivity index (χ0) is 14.0. The van der Waals surface area contributed by atoms with Crippen molar-refractivity contribution in [2.24, 2.45) is 7.05 Å². The first-order valence-electron chi connectivity index (χ1n) is 5.45. The second-order valence-corrected chi connectivity index (χ2v) is 3.99. The fourth-order valence-corrected chi connectivity index (χ4v) is 1.51. The third-order valence-corrected chi connectivity index (χ3v) is 2.53. The summed E-state index contributed by atoms with van der Waals surface area (Å²) in [5.41, 5.74) is 5.50. The summed E-state index contributed by atoms with van der Waals surface area (Å²) in [5, 5.41) is 4.07. The second-order valence-electron chi connectivity index (χ2n) is 3.99. The summed E-state index contributed by atoms with van der Waals surface area (Å²) in [6, 6.07) is 6.14. The Morgan fingerprint density at radius 1 is 1.26 bits per heavy atom. The first kappa shape index (κ1) is 13.3. The average Bonchev–Trinajstić information content (AvgIpc) is 2.66. The van der Waals surface area contributed by atoms with Crippen LogP contribution in [0.1, 0.15) is 11.3 Å². The number of aryl methyl sites for hydroxylation is 1. The van der Waals surface area contributed by atoms with Gasteiger partial charge in [-0.25, -0.2) is 0 Å². The Morgan fingerprint density at radius 2 is 1.89 bits per heavy atom. The van der Waals surface area contributed by atoms with E-state index in [4.69, 9.17) is 10.5 Å². The second kappa shape index (κ2) is 4.83. The molecule has 0 aliphatic rings. The van der Waals surface area contributed by atoms with E-state index in [-0.39, 0.29) is 6.61 Å². The minimum absolute atomic E-state index is 0.149. The van der Waals surface area contributed by atoms with Crippen LogP contribution in [0.4, 0.5) is 19.0 Å². The number of aromatic nitrogens is 2. The molecular weight excluding hydrogens is 259 g/mol. The molecule has 0 saturated heterocycles. The van der Waals surface area contributed by atoms with Crippen molar-refractivity contribution in [3.63, 3.8) is 0 Å². The van der Waals surface area contributed by atoms with Gasteiger partial charge in [0.25, 0.3) is 0 Å². The standard InChI is InChI=1S/C12H12F3N3O/c1-18-11(16)6-9(17-18)7-19-10-4-2-8(3-5-10)12(13,14)15/h2-6H,7,16H2,1H3. The molecule has 0 aliphatic heterocycles. The van der Waals surface area contributed by atoms with E-state index in [0.29, 0.717) is 17.3 Å². The molecule has 2 aromatic rings. The monoisotopic (exact) mass is 271 g/mol. The molecule has 19 heavy (non-hydrogen) atoms. The van der Waals surface area contributed by atoms with Gasteiger partial charge in [0, 0.05) is 13.1 Å². The topological polar surface area (TPSA) is 53.1 Å². The normalized spacial score (nSPS) is 11.6. The Labute approximate surface area is 107 Å². The van der Waals surface area contributed by atoms with Crippen LogP contribution in [-0.4, -0.2) is 9.78 Å². The number of hydrogen-bond donors (Lipinski definition) is 1. The molecule has 0 fully saturated rings. The molecule has 7 heteroatoms. The SMILES string of the molecule is Cn1nc(COc2ccc(C(F)(F)F)cc2)cc1N. The first-order chi connectivity index (χ1) is 8.86. The minimum atomic E-state index is -4.34. The summed E-state index contributed by atoms with van der Waals surface area (Å²) in [5.74, 6) is 0.836. The lowest BCUT2D eigenvalue weighted by atomic mass is 10.2. The molecule has 0 aliphatic carbocycles. The van der Waals surface area contributed by atoms with Gasteiger partial charge in [0.05, 0.1) is 5.56 Å². The number of benzene rings is 1. The van der Waals surface area contributed by atoms with Gasteiger partial charge in [0.2, 0.25) is 0 Å². The van der Waals surface area contributed by atoms with Crippen LogP contribution < -0.4 is 10.5 Å². The Morgan fingerprint density at radius 3 is 2.37 bits per heavy atom. The summed E-state index contributed by atoms with van der Waals surface area (Å²) in [6.45, 7) is 0.149. The van der Waals surface area contributed by atoms with Crippen molar-refractivity contribution < 1.29 is 17.9 Å². The van der Waals surface area contributed by atoms with E-state index in [0.717, 1.165) is 12.1 Å². The van der Waals surface area contributed by atoms with Crippen molar-refractivity contribution in [1.29, 1.82) is 0 Å². The van der Waals surface area contributed by atoms with E-state index >= 15 is 0 Å². The van der Waals surface area contributed by atoms with Gasteiger partial charge in [0.15, 0.2) is 0 Å². The molecule has 0 bridgehead atoms. The number of rotatable bonds is 3. The smallest absolute Gasteiger partial charge is 0.416 e. The maximum atomic E-state index is 12.4. The average molecular weight is 271 g/mol. The van der Waals surface area contributed by atoms with Crippen LogP contribution in [0.5, 0.6) is 5.75 Å². The van der Waals surface area contributed by atoms with Crippen LogP contribution in [0.3, 0.4) is 0 Å². The van der Waals surface area contributed by atoms with E-state index in [2.05, 4.69) is 5.10 Å². The molecule has 2 N–H and O–H groups in total. The van der Waals surface area contributed by atoms with Crippen LogP contribution >= 0.6 is 0 Å². The largest absolute Gasteiger partial charge is 0.487 e. The summed E-state index contributed by atoms with van der Waals surface area (Å²) in [7, 11) is 1.69. The summed E-state index contributed by atoms with van der Waals surface area (Å²) in [4.78, 5) is 0. The molecule has 102 valence electrons. The fourth-order valence-electron chi connectivity index (χ4n) is 1.51. The van der Waals surface area contributed by atoms with Crippen molar-refractivity contribution in [3.8, 4) is 5.75 Å². The molecule has 0 spiro atoms. The van der Waals surface area contributed by atoms with E-state index in [1.54, 1.807) is 13.1 Å². The zero-order valence-corrected chi connectivity index (χ0v) is 10.1. The van der Waals surface area contributed by atoms with Gasteiger partial charge < -0.3 is 10.5 Å². The van der Waals surface area contributed by atoms with Crippen molar-refractivity contribution >= 4 is 5.82 Å². The zero-order valence-electron chi connectivity index (χ0n) is 10.1. The van der Waals surface area contributed by atoms with Gasteiger partial charge in [-0.15, -0.1) is 0 Å². The molecule has 0 atom stereocenters. The summed E-state index contributed by atoms with van der Waals surface area (Å²) in [6.07, 6.45) is -4.34. The summed E-state index contributed by atoms with van der Waals surface area (Å²) < 4.78 is 43.9. The Balaban J connectivity index is 2.00. The molecule has 2 rings (SSSR count). The van der Waals surface area contributed by atoms with E-state index in [9.17, 15) is 13.2 Å². The van der Waals surface area contributed by atoms with Crippen molar-refractivity contribution in [2.45, 2.75) is 12.8 Å². The third kappa shape index (κ3) is 3.18. The molecule has 4 nitrogen and oxygen atoms in total. The van der Waals surface area contributed by atoms with Crippen molar-refractivity contribution in [1.82, 2.24) is 9.78 Å². The highest BCUT2D eigenvalue weighted by atomic mass is 19.4. The number of nitrogen functional groups attached to an aromatic ring is 1. The number of nitrogens with zero attached hydrogens (tertiary/aromatic N) is 2. The Kier molecular flexibility index (Phi) is 3.37. The number of anilines is 1. The molecule has 0 radical (unpaired) electrons. The fraction of sp³-hybridized carbons (Fsp3) is 0.250. The van der Waals surface area contributed by atoms with Gasteiger partial charge in [-0.05, 0) is 24.3 Å². The highest BCUT2D eigenvalue weighted by molar-refractivity contribution is 5.31. The maximum Gasteiger partial charge on any atom is 0.416 e. The van der Waals surface area contributed by atoms with Crippen molar-refractivity contribution in [2.75, 3.05) is 5.73 Å².